The molecular formula is C34H37Cl4N16O+. The summed E-state index contributed by atoms with van der Waals surface area (Å²) in [7, 11) is 9.52. The molecule has 8 rings (SSSR count). The van der Waals surface area contributed by atoms with Crippen molar-refractivity contribution in [1.82, 2.24) is 59.0 Å². The molecule has 8 aromatic rings. The standard InChI is InChI=1S/C14H16ClN6.C12H12ClN6.C8H9ClN4O.ClH/c1-4-20-9-16-11-12(20)17-14(15)18-13(11)21-7-5-10(6-8-21)19(2)3;1-18(2)8-3-5-19(6-4-8)11-9-10(15-7-14-9)16-12(13)17-11;1-3-13-4-10-5-6(13)11-8(9)12-7(5)14-2;/h5-9H,4H2,1-3H3;3-7H,1-2H3,(H,14,15,16,17);4H,3H2,1-2H3;1H/q2*+1;;/p-1. The van der Waals surface area contributed by atoms with Gasteiger partial charge in [-0.1, -0.05) is 0 Å². The summed E-state index contributed by atoms with van der Waals surface area (Å²) in [5.74, 6) is 1.77. The number of aryl methyl sites for hydroxylation is 2. The molecule has 0 spiro atoms. The zero-order valence-corrected chi connectivity index (χ0v) is 33.9. The number of methoxy groups -OCH3 is 1. The van der Waals surface area contributed by atoms with Crippen molar-refractivity contribution in [1.29, 1.82) is 0 Å². The van der Waals surface area contributed by atoms with Crippen LogP contribution in [-0.4, -0.2) is 94.3 Å². The van der Waals surface area contributed by atoms with Crippen LogP contribution in [0.25, 0.3) is 45.1 Å². The van der Waals surface area contributed by atoms with Gasteiger partial charge in [0.15, 0.2) is 28.0 Å². The molecule has 0 atom stereocenters. The molecule has 8 heterocycles. The van der Waals surface area contributed by atoms with Gasteiger partial charge in [-0.05, 0) is 58.6 Å². The highest BCUT2D eigenvalue weighted by Gasteiger charge is 2.22. The molecular weight excluding hydrogens is 790 g/mol. The first-order valence-corrected chi connectivity index (χ1v) is 17.7. The van der Waals surface area contributed by atoms with E-state index in [2.05, 4.69) is 49.8 Å². The number of hydrogen-bond donors (Lipinski definition) is 1. The summed E-state index contributed by atoms with van der Waals surface area (Å²) in [5, 5.41) is 0.570. The molecule has 0 unspecified atom stereocenters. The van der Waals surface area contributed by atoms with Crippen LogP contribution < -0.4 is 36.1 Å². The second-order valence-corrected chi connectivity index (χ2v) is 12.9. The van der Waals surface area contributed by atoms with E-state index >= 15 is 0 Å². The maximum absolute atomic E-state index is 6.06. The molecule has 0 saturated carbocycles. The summed E-state index contributed by atoms with van der Waals surface area (Å²) >= 11 is 17.7. The molecule has 0 saturated heterocycles. The minimum Gasteiger partial charge on any atom is -1.00 e. The molecule has 286 valence electrons. The summed E-state index contributed by atoms with van der Waals surface area (Å²) in [6, 6.07) is 8.02. The van der Waals surface area contributed by atoms with Gasteiger partial charge in [-0.15, -0.1) is 0 Å². The molecule has 55 heavy (non-hydrogen) atoms. The Hall–Kier alpha value is -5.49. The minimum absolute atomic E-state index is 0. The number of anilines is 2. The second kappa shape index (κ2) is 17.8. The van der Waals surface area contributed by atoms with E-state index in [4.69, 9.17) is 39.5 Å². The molecule has 21 heteroatoms. The predicted molar refractivity (Wildman–Crippen MR) is 207 cm³/mol. The summed E-state index contributed by atoms with van der Waals surface area (Å²) in [6.45, 7) is 5.61. The van der Waals surface area contributed by atoms with E-state index in [0.717, 1.165) is 41.1 Å². The average Bonchev–Trinajstić information content (AvgIpc) is 3.93. The monoisotopic (exact) mass is 825 g/mol. The largest absolute Gasteiger partial charge is 1.00 e. The van der Waals surface area contributed by atoms with Gasteiger partial charge in [0.05, 0.1) is 50.9 Å². The molecule has 0 aliphatic rings. The van der Waals surface area contributed by atoms with Crippen LogP contribution in [0.3, 0.4) is 0 Å². The maximum Gasteiger partial charge on any atom is 0.361 e. The molecule has 0 amide bonds. The third-order valence-corrected chi connectivity index (χ3v) is 8.59. The van der Waals surface area contributed by atoms with Gasteiger partial charge < -0.3 is 41.1 Å². The lowest BCUT2D eigenvalue weighted by Crippen LogP contribution is -3.00. The van der Waals surface area contributed by atoms with Crippen molar-refractivity contribution in [3.05, 3.63) is 83.9 Å². The minimum atomic E-state index is 0. The smallest absolute Gasteiger partial charge is 0.361 e. The third-order valence-electron chi connectivity index (χ3n) is 8.08. The average molecular weight is 828 g/mol. The van der Waals surface area contributed by atoms with E-state index in [9.17, 15) is 0 Å². The number of H-pyrrole nitrogens is 1. The summed E-state index contributed by atoms with van der Waals surface area (Å²) in [6.07, 6.45) is 12.8. The van der Waals surface area contributed by atoms with Crippen LogP contribution in [0.1, 0.15) is 13.8 Å². The zero-order valence-electron chi connectivity index (χ0n) is 30.9. The molecule has 0 aliphatic carbocycles. The van der Waals surface area contributed by atoms with E-state index in [-0.39, 0.29) is 28.3 Å². The van der Waals surface area contributed by atoms with E-state index < -0.39 is 0 Å². The number of imidazole rings is 3. The van der Waals surface area contributed by atoms with E-state index in [1.165, 1.54) is 7.11 Å². The first-order valence-electron chi connectivity index (χ1n) is 16.6. The highest BCUT2D eigenvalue weighted by atomic mass is 35.5. The van der Waals surface area contributed by atoms with Gasteiger partial charge in [0.1, 0.15) is 0 Å². The lowest BCUT2D eigenvalue weighted by atomic mass is 10.3. The first kappa shape index (κ1) is 40.7. The van der Waals surface area contributed by atoms with E-state index in [1.807, 2.05) is 119 Å². The number of rotatable bonds is 7. The Morgan fingerprint density at radius 3 is 1.65 bits per heavy atom. The molecule has 0 aliphatic heterocycles. The van der Waals surface area contributed by atoms with Crippen LogP contribution in [0, 0.1) is 0 Å². The second-order valence-electron chi connectivity index (χ2n) is 11.9. The number of fused-ring (bicyclic) bond motifs is 3. The highest BCUT2D eigenvalue weighted by molar-refractivity contribution is 6.29. The van der Waals surface area contributed by atoms with Gasteiger partial charge in [0.2, 0.25) is 16.7 Å². The van der Waals surface area contributed by atoms with Crippen molar-refractivity contribution in [2.75, 3.05) is 45.1 Å². The van der Waals surface area contributed by atoms with Crippen LogP contribution in [0.2, 0.25) is 15.9 Å². The van der Waals surface area contributed by atoms with Crippen molar-refractivity contribution >= 4 is 79.7 Å². The van der Waals surface area contributed by atoms with Gasteiger partial charge in [0.25, 0.3) is 0 Å². The van der Waals surface area contributed by atoms with Gasteiger partial charge in [0, 0.05) is 76.9 Å². The lowest BCUT2D eigenvalue weighted by molar-refractivity contribution is -0.598. The topological polar surface area (TPSA) is 165 Å². The summed E-state index contributed by atoms with van der Waals surface area (Å²) in [5.41, 5.74) is 6.36. The Morgan fingerprint density at radius 2 is 1.13 bits per heavy atom. The molecule has 1 N–H and O–H groups in total. The van der Waals surface area contributed by atoms with Gasteiger partial charge in [-0.3, -0.25) is 0 Å². The molecule has 0 fully saturated rings. The molecule has 0 radical (unpaired) electrons. The third kappa shape index (κ3) is 8.91. The number of aromatic amines is 1. The number of halogens is 4. The van der Waals surface area contributed by atoms with Gasteiger partial charge in [-0.2, -0.15) is 19.9 Å². The Kier molecular flexibility index (Phi) is 13.1. The van der Waals surface area contributed by atoms with Gasteiger partial charge in [-0.25, -0.2) is 24.1 Å². The van der Waals surface area contributed by atoms with E-state index in [1.54, 1.807) is 19.0 Å². The number of hydrogen-bond acceptors (Lipinski definition) is 12. The fourth-order valence-electron chi connectivity index (χ4n) is 5.28. The van der Waals surface area contributed by atoms with Crippen molar-refractivity contribution < 1.29 is 26.3 Å². The maximum atomic E-state index is 6.06. The van der Waals surface area contributed by atoms with Crippen molar-refractivity contribution in [3.63, 3.8) is 0 Å². The van der Waals surface area contributed by atoms with Crippen molar-refractivity contribution in [2.24, 2.45) is 0 Å². The van der Waals surface area contributed by atoms with Crippen LogP contribution in [0.5, 0.6) is 5.88 Å². The molecule has 8 aromatic heterocycles. The summed E-state index contributed by atoms with van der Waals surface area (Å²) in [4.78, 5) is 44.7. The van der Waals surface area contributed by atoms with Crippen LogP contribution >= 0.6 is 34.8 Å². The van der Waals surface area contributed by atoms with Crippen LogP contribution in [0.15, 0.2) is 68.0 Å². The number of aromatic nitrogens is 14. The molecule has 0 aromatic carbocycles. The van der Waals surface area contributed by atoms with E-state index in [0.29, 0.717) is 34.3 Å². The Balaban J connectivity index is 0.000000160. The predicted octanol–water partition coefficient (Wildman–Crippen LogP) is 1.70. The normalized spacial score (nSPS) is 10.7. The number of pyridine rings is 2. The quantitative estimate of drug-likeness (QED) is 0.183. The Bertz CT molecular complexity index is 2520. The Morgan fingerprint density at radius 1 is 0.655 bits per heavy atom. The number of nitrogens with zero attached hydrogens (tertiary/aromatic N) is 15. The lowest BCUT2D eigenvalue weighted by Gasteiger charge is -2.11. The Labute approximate surface area is 337 Å². The fraction of sp³-hybridized carbons (Fsp3) is 0.265. The molecule has 0 bridgehead atoms. The van der Waals surface area contributed by atoms with Crippen molar-refractivity contribution in [3.8, 4) is 17.5 Å². The summed E-state index contributed by atoms with van der Waals surface area (Å²) < 4.78 is 12.7. The van der Waals surface area contributed by atoms with Crippen LogP contribution in [0.4, 0.5) is 11.4 Å². The van der Waals surface area contributed by atoms with Crippen molar-refractivity contribution in [2.45, 2.75) is 26.9 Å². The highest BCUT2D eigenvalue weighted by Crippen LogP contribution is 2.22. The molecule has 17 nitrogen and oxygen atoms in total. The SMILES string of the molecule is CCn1cnc2c(-[n+]3ccc(N(C)C)cc3)nc(Cl)nc21.CCn1cnc2c(OC)nc(Cl)nc21.CN(C)c1cc[n+](-c2nc(Cl)nc3nc[nH]c23)cc1.[Cl-]. The van der Waals surface area contributed by atoms with Gasteiger partial charge >= 0.3 is 22.2 Å². The zero-order chi connectivity index (χ0) is 38.5. The number of nitrogens with one attached hydrogen (secondary N) is 1. The first-order chi connectivity index (χ1) is 26.0. The van der Waals surface area contributed by atoms with Crippen LogP contribution in [-0.2, 0) is 13.1 Å². The fourth-order valence-corrected chi connectivity index (χ4v) is 5.75. The number of ether oxygens (including phenoxy) is 1.